The largest absolute Gasteiger partial charge is 0.492 e. The van der Waals surface area contributed by atoms with Crippen LogP contribution in [-0.4, -0.2) is 88.0 Å². The molecule has 244 valence electrons. The van der Waals surface area contributed by atoms with Crippen LogP contribution in [0.2, 0.25) is 0 Å². The Morgan fingerprint density at radius 3 is 2.51 bits per heavy atom. The highest BCUT2D eigenvalue weighted by Crippen LogP contribution is 2.33. The Morgan fingerprint density at radius 2 is 1.68 bits per heavy atom. The third-order valence-electron chi connectivity index (χ3n) is 8.51. The highest BCUT2D eigenvalue weighted by atomic mass is 16.5. The number of hydrogen-bond acceptors (Lipinski definition) is 7. The number of amides is 3. The number of aromatic nitrogens is 3. The van der Waals surface area contributed by atoms with Crippen molar-refractivity contribution in [2.75, 3.05) is 50.8 Å². The molecular weight excluding hydrogens is 596 g/mol. The smallest absolute Gasteiger partial charge is 0.265 e. The molecule has 0 saturated carbocycles. The topological polar surface area (TPSA) is 110 Å². The van der Waals surface area contributed by atoms with E-state index in [9.17, 15) is 14.4 Å². The van der Waals surface area contributed by atoms with Crippen LogP contribution in [-0.2, 0) is 27.3 Å². The Hall–Kier alpha value is -5.19. The Bertz CT molecular complexity index is 1710. The van der Waals surface area contributed by atoms with Gasteiger partial charge < -0.3 is 23.8 Å². The van der Waals surface area contributed by atoms with Crippen molar-refractivity contribution in [1.29, 1.82) is 0 Å². The molecule has 2 aliphatic rings. The van der Waals surface area contributed by atoms with E-state index in [1.807, 2.05) is 77.5 Å². The quantitative estimate of drug-likeness (QED) is 0.331. The van der Waals surface area contributed by atoms with Gasteiger partial charge in [-0.05, 0) is 67.6 Å². The first-order valence-corrected chi connectivity index (χ1v) is 16.2. The first-order valence-electron chi connectivity index (χ1n) is 16.2. The van der Waals surface area contributed by atoms with Gasteiger partial charge in [-0.3, -0.25) is 24.3 Å². The van der Waals surface area contributed by atoms with Crippen LogP contribution >= 0.6 is 0 Å². The molecule has 0 saturated heterocycles. The summed E-state index contributed by atoms with van der Waals surface area (Å²) in [5, 5.41) is 0. The second kappa shape index (κ2) is 14.9. The summed E-state index contributed by atoms with van der Waals surface area (Å²) in [4.78, 5) is 54.2. The van der Waals surface area contributed by atoms with Gasteiger partial charge in [-0.1, -0.05) is 24.3 Å². The second-order valence-electron chi connectivity index (χ2n) is 11.9. The van der Waals surface area contributed by atoms with Gasteiger partial charge >= 0.3 is 0 Å². The van der Waals surface area contributed by atoms with Crippen molar-refractivity contribution in [3.8, 4) is 22.9 Å². The van der Waals surface area contributed by atoms with Gasteiger partial charge in [0, 0.05) is 56.5 Å². The van der Waals surface area contributed by atoms with Gasteiger partial charge in [0.15, 0.2) is 6.61 Å². The van der Waals surface area contributed by atoms with E-state index in [2.05, 4.69) is 14.5 Å². The van der Waals surface area contributed by atoms with Gasteiger partial charge in [0.25, 0.3) is 5.91 Å². The van der Waals surface area contributed by atoms with E-state index in [0.29, 0.717) is 75.8 Å². The van der Waals surface area contributed by atoms with Crippen LogP contribution < -0.4 is 14.4 Å². The lowest BCUT2D eigenvalue weighted by atomic mass is 10.1. The van der Waals surface area contributed by atoms with Crippen molar-refractivity contribution in [3.63, 3.8) is 0 Å². The first-order chi connectivity index (χ1) is 22.9. The van der Waals surface area contributed by atoms with E-state index >= 15 is 0 Å². The Balaban J connectivity index is 1.21. The Labute approximate surface area is 274 Å². The molecule has 2 aliphatic heterocycles. The summed E-state index contributed by atoms with van der Waals surface area (Å²) in [5.41, 5.74) is 3.38. The molecule has 6 rings (SSSR count). The lowest BCUT2D eigenvalue weighted by molar-refractivity contribution is -0.132. The molecule has 11 nitrogen and oxygen atoms in total. The number of aryl methyl sites for hydroxylation is 2. The van der Waals surface area contributed by atoms with Crippen LogP contribution in [0.3, 0.4) is 0 Å². The van der Waals surface area contributed by atoms with Crippen LogP contribution in [0.15, 0.2) is 79.4 Å². The van der Waals surface area contributed by atoms with E-state index in [-0.39, 0.29) is 37.3 Å². The van der Waals surface area contributed by atoms with Crippen molar-refractivity contribution < 1.29 is 23.9 Å². The Morgan fingerprint density at radius 1 is 0.851 bits per heavy atom. The molecule has 2 bridgehead atoms. The van der Waals surface area contributed by atoms with E-state index < -0.39 is 0 Å². The van der Waals surface area contributed by atoms with Crippen molar-refractivity contribution in [2.24, 2.45) is 0 Å². The molecule has 2 aromatic carbocycles. The number of ether oxygens (including phenoxy) is 2. The summed E-state index contributed by atoms with van der Waals surface area (Å²) < 4.78 is 13.8. The number of benzene rings is 2. The number of carbonyl (C=O) groups is 3. The van der Waals surface area contributed by atoms with Gasteiger partial charge in [-0.25, -0.2) is 4.98 Å². The second-order valence-corrected chi connectivity index (χ2v) is 11.9. The van der Waals surface area contributed by atoms with Gasteiger partial charge in [0.1, 0.15) is 30.5 Å². The summed E-state index contributed by atoms with van der Waals surface area (Å²) in [5.74, 6) is 1.77. The van der Waals surface area contributed by atoms with Crippen molar-refractivity contribution >= 4 is 23.4 Å². The normalized spacial score (nSPS) is 15.9. The minimum atomic E-state index is -0.239. The first kappa shape index (κ1) is 31.8. The minimum absolute atomic E-state index is 0.00279. The maximum atomic E-state index is 13.9. The highest BCUT2D eigenvalue weighted by Gasteiger charge is 2.29. The molecule has 2 aromatic heterocycles. The van der Waals surface area contributed by atoms with Crippen molar-refractivity contribution in [1.82, 2.24) is 24.3 Å². The molecule has 0 spiro atoms. The summed E-state index contributed by atoms with van der Waals surface area (Å²) in [6, 6.07) is 17.2. The van der Waals surface area contributed by atoms with E-state index in [4.69, 9.17) is 9.47 Å². The Kier molecular flexibility index (Phi) is 10.1. The number of fused-ring (bicyclic) bond motifs is 5. The molecule has 0 radical (unpaired) electrons. The number of rotatable bonds is 4. The fourth-order valence-corrected chi connectivity index (χ4v) is 6.02. The van der Waals surface area contributed by atoms with Gasteiger partial charge in [0.05, 0.1) is 18.7 Å². The predicted octanol–water partition coefficient (Wildman–Crippen LogP) is 4.14. The molecule has 0 N–H and O–H groups in total. The monoisotopic (exact) mass is 636 g/mol. The minimum Gasteiger partial charge on any atom is -0.492 e. The SMILES string of the molecule is Cc1ccc2c(c1)N(CC(=O)N1CCCCN(C(=O)Cc3cccnc3)CCOc3cccc(c3)-c3nccn3CCC1)C(=O)CO2. The number of pyridine rings is 1. The van der Waals surface area contributed by atoms with Gasteiger partial charge in [-0.2, -0.15) is 0 Å². The molecule has 47 heavy (non-hydrogen) atoms. The molecular formula is C36H40N6O5. The van der Waals surface area contributed by atoms with Crippen LogP contribution in [0.4, 0.5) is 5.69 Å². The van der Waals surface area contributed by atoms with E-state index in [1.165, 1.54) is 4.90 Å². The van der Waals surface area contributed by atoms with Gasteiger partial charge in [-0.15, -0.1) is 0 Å². The molecule has 0 aliphatic carbocycles. The lowest BCUT2D eigenvalue weighted by Crippen LogP contribution is -2.47. The van der Waals surface area contributed by atoms with E-state index in [0.717, 1.165) is 22.5 Å². The van der Waals surface area contributed by atoms with Crippen LogP contribution in [0.25, 0.3) is 11.4 Å². The molecule has 4 heterocycles. The average molecular weight is 637 g/mol. The summed E-state index contributed by atoms with van der Waals surface area (Å²) >= 11 is 0. The lowest BCUT2D eigenvalue weighted by Gasteiger charge is -2.32. The zero-order valence-electron chi connectivity index (χ0n) is 26.7. The van der Waals surface area contributed by atoms with Crippen LogP contribution in [0.5, 0.6) is 11.5 Å². The summed E-state index contributed by atoms with van der Waals surface area (Å²) in [6.07, 6.45) is 9.50. The number of nitrogens with zero attached hydrogens (tertiary/aromatic N) is 6. The average Bonchev–Trinajstić information content (AvgIpc) is 3.55. The molecule has 0 atom stereocenters. The molecule has 0 unspecified atom stereocenters. The number of imidazole rings is 1. The molecule has 0 fully saturated rings. The molecule has 4 aromatic rings. The highest BCUT2D eigenvalue weighted by molar-refractivity contribution is 6.02. The maximum Gasteiger partial charge on any atom is 0.265 e. The fourth-order valence-electron chi connectivity index (χ4n) is 6.02. The zero-order chi connectivity index (χ0) is 32.6. The number of carbonyl (C=O) groups excluding carboxylic acids is 3. The number of hydrogen-bond donors (Lipinski definition) is 0. The van der Waals surface area contributed by atoms with Crippen LogP contribution in [0, 0.1) is 6.92 Å². The summed E-state index contributed by atoms with van der Waals surface area (Å²) in [7, 11) is 0. The van der Waals surface area contributed by atoms with E-state index in [1.54, 1.807) is 18.6 Å². The third kappa shape index (κ3) is 7.97. The predicted molar refractivity (Wildman–Crippen MR) is 177 cm³/mol. The zero-order valence-corrected chi connectivity index (χ0v) is 26.7. The maximum absolute atomic E-state index is 13.9. The van der Waals surface area contributed by atoms with Crippen molar-refractivity contribution in [2.45, 2.75) is 39.2 Å². The standard InChI is InChI=1S/C36H40N6O5/c1-27-10-11-32-31(21-27)42(35(45)26-47-32)25-34(44)39-14-2-3-15-40(33(43)22-28-7-5-12-37-24-28)19-20-46-30-9-4-8-29(23-30)36-38-13-18-41(36)17-6-16-39/h4-5,7-13,18,21,23-24H,2-3,6,14-17,19-20,22,25-26H2,1H3. The van der Waals surface area contributed by atoms with Gasteiger partial charge in [0.2, 0.25) is 11.8 Å². The van der Waals surface area contributed by atoms with Crippen molar-refractivity contribution in [3.05, 3.63) is 90.5 Å². The number of anilines is 1. The molecule has 3 amide bonds. The molecule has 11 heteroatoms. The fraction of sp³-hybridized carbons (Fsp3) is 0.361. The third-order valence-corrected chi connectivity index (χ3v) is 8.51. The summed E-state index contributed by atoms with van der Waals surface area (Å²) in [6.45, 7) is 4.79. The van der Waals surface area contributed by atoms with Crippen LogP contribution in [0.1, 0.15) is 30.4 Å².